The first-order valence-electron chi connectivity index (χ1n) is 19.1. The normalized spacial score (nSPS) is 22.7. The molecule has 4 unspecified atom stereocenters. The number of hydrogen-bond donors (Lipinski definition) is 3. The summed E-state index contributed by atoms with van der Waals surface area (Å²) in [6, 6.07) is 5.03. The van der Waals surface area contributed by atoms with Gasteiger partial charge in [-0.15, -0.1) is 0 Å². The van der Waals surface area contributed by atoms with Gasteiger partial charge in [0, 0.05) is 54.3 Å². The number of carbonyl (C=O) groups is 5. The van der Waals surface area contributed by atoms with Crippen LogP contribution in [-0.2, 0) is 38.1 Å². The second-order valence-electron chi connectivity index (χ2n) is 14.6. The van der Waals surface area contributed by atoms with Gasteiger partial charge >= 0.3 is 17.9 Å². The lowest BCUT2D eigenvalue weighted by Gasteiger charge is -2.34. The number of aliphatic hydroxyl groups is 3. The highest BCUT2D eigenvalue weighted by molar-refractivity contribution is 8.78. The first-order valence-corrected chi connectivity index (χ1v) is 21.5. The molecule has 17 nitrogen and oxygen atoms in total. The Morgan fingerprint density at radius 1 is 0.965 bits per heavy atom. The van der Waals surface area contributed by atoms with Crippen molar-refractivity contribution in [3.63, 3.8) is 0 Å². The number of benzene rings is 1. The number of allylic oxidation sites excluding steroid dienone is 1. The summed E-state index contributed by atoms with van der Waals surface area (Å²) in [6.45, 7) is 4.88. The lowest BCUT2D eigenvalue weighted by molar-refractivity contribution is -0.201. The third-order valence-corrected chi connectivity index (χ3v) is 12.6. The van der Waals surface area contributed by atoms with Gasteiger partial charge in [0.15, 0.2) is 0 Å². The molecule has 2 amide bonds. The number of hydrogen-bond acceptors (Lipinski definition) is 17. The molecule has 0 radical (unpaired) electrons. The van der Waals surface area contributed by atoms with Crippen LogP contribution in [0.15, 0.2) is 33.4 Å². The molecule has 1 aliphatic heterocycles. The van der Waals surface area contributed by atoms with E-state index in [1.807, 2.05) is 0 Å². The molecular formula is C38H54N4O13S2. The van der Waals surface area contributed by atoms with Crippen LogP contribution in [0.1, 0.15) is 88.9 Å². The average molecular weight is 839 g/mol. The summed E-state index contributed by atoms with van der Waals surface area (Å²) >= 11 is 0. The number of carbonyl (C=O) groups excluding carboxylic acids is 5. The lowest BCUT2D eigenvalue weighted by atomic mass is 9.91. The van der Waals surface area contributed by atoms with E-state index in [0.717, 1.165) is 17.1 Å². The highest BCUT2D eigenvalue weighted by Crippen LogP contribution is 2.36. The molecule has 4 rings (SSSR count). The number of aromatic nitrogens is 2. The second kappa shape index (κ2) is 23.0. The Balaban J connectivity index is 1.17. The number of ether oxygens (including phenoxy) is 4. The predicted molar refractivity (Wildman–Crippen MR) is 209 cm³/mol. The van der Waals surface area contributed by atoms with Gasteiger partial charge in [-0.2, -0.15) is 0 Å². The molecule has 19 heteroatoms. The van der Waals surface area contributed by atoms with Gasteiger partial charge in [-0.3, -0.25) is 24.0 Å². The zero-order valence-electron chi connectivity index (χ0n) is 32.8. The summed E-state index contributed by atoms with van der Waals surface area (Å²) in [5, 5.41) is 37.2. The Hall–Kier alpha value is -3.75. The molecular weight excluding hydrogens is 785 g/mol. The first-order chi connectivity index (χ1) is 27.3. The van der Waals surface area contributed by atoms with Gasteiger partial charge in [-0.25, -0.2) is 4.63 Å². The van der Waals surface area contributed by atoms with Gasteiger partial charge < -0.3 is 44.1 Å². The van der Waals surface area contributed by atoms with Crippen molar-refractivity contribution in [2.75, 3.05) is 39.2 Å². The van der Waals surface area contributed by atoms with Gasteiger partial charge in [0.05, 0.1) is 13.2 Å². The largest absolute Gasteiger partial charge is 0.465 e. The molecule has 1 saturated carbocycles. The van der Waals surface area contributed by atoms with Gasteiger partial charge in [0.1, 0.15) is 54.7 Å². The molecule has 2 fully saturated rings. The molecule has 0 spiro atoms. The number of nitrogens with zero attached hydrogens (tertiary/aromatic N) is 4. The van der Waals surface area contributed by atoms with Gasteiger partial charge in [-0.1, -0.05) is 35.4 Å². The zero-order chi connectivity index (χ0) is 41.5. The van der Waals surface area contributed by atoms with E-state index < -0.39 is 48.9 Å². The smallest absolute Gasteiger partial charge is 0.326 e. The summed E-state index contributed by atoms with van der Waals surface area (Å²) in [7, 11) is 4.78. The summed E-state index contributed by atoms with van der Waals surface area (Å²) in [4.78, 5) is 66.6. The van der Waals surface area contributed by atoms with E-state index in [9.17, 15) is 39.3 Å². The molecule has 3 N–H and O–H groups in total. The Morgan fingerprint density at radius 3 is 2.40 bits per heavy atom. The van der Waals surface area contributed by atoms with E-state index in [-0.39, 0.29) is 63.6 Å². The van der Waals surface area contributed by atoms with E-state index in [1.54, 1.807) is 47.9 Å². The molecule has 57 heavy (non-hydrogen) atoms. The fourth-order valence-corrected chi connectivity index (χ4v) is 9.01. The Bertz CT molecular complexity index is 1680. The molecule has 316 valence electrons. The van der Waals surface area contributed by atoms with Gasteiger partial charge in [-0.05, 0) is 79.9 Å². The van der Waals surface area contributed by atoms with Crippen LogP contribution < -0.4 is 0 Å². The Morgan fingerprint density at radius 2 is 1.68 bits per heavy atom. The van der Waals surface area contributed by atoms with Crippen molar-refractivity contribution in [3.8, 4) is 0 Å². The molecule has 2 aromatic rings. The molecule has 0 bridgehead atoms. The van der Waals surface area contributed by atoms with E-state index in [2.05, 4.69) is 24.2 Å². The zero-order valence-corrected chi connectivity index (χ0v) is 34.4. The van der Waals surface area contributed by atoms with Crippen molar-refractivity contribution < 1.29 is 62.9 Å². The van der Waals surface area contributed by atoms with Crippen LogP contribution in [0.25, 0.3) is 11.0 Å². The molecule has 2 heterocycles. The highest BCUT2D eigenvalue weighted by Gasteiger charge is 2.38. The maximum Gasteiger partial charge on any atom is 0.326 e. The summed E-state index contributed by atoms with van der Waals surface area (Å²) in [5.74, 6) is -0.458. The van der Waals surface area contributed by atoms with Crippen LogP contribution in [0, 0.1) is 5.92 Å². The van der Waals surface area contributed by atoms with Crippen molar-refractivity contribution in [1.82, 2.24) is 20.1 Å². The maximum absolute atomic E-state index is 13.1. The van der Waals surface area contributed by atoms with Crippen LogP contribution >= 0.6 is 21.6 Å². The number of esters is 3. The van der Waals surface area contributed by atoms with E-state index in [0.29, 0.717) is 60.3 Å². The van der Waals surface area contributed by atoms with Crippen LogP contribution in [0.3, 0.4) is 0 Å². The van der Waals surface area contributed by atoms with E-state index in [4.69, 9.17) is 23.6 Å². The van der Waals surface area contributed by atoms with Gasteiger partial charge in [0.2, 0.25) is 6.41 Å². The molecule has 1 aromatic carbocycles. The molecule has 1 aliphatic carbocycles. The standard InChI is InChI=1S/C38H54N4O13S2/c1-23(2)15-17-56-57-32(24(3)42(22-43)19-35(47)53-21-31-37(49)36(48)30(44)20-52-31)14-16-51-33(45)6-5-7-34(46)54-27-11-9-26(10-12-27)41(4)38(50)25-8-13-28-29(18-25)40-55-39-28/h8,13,18,22-23,26-27,30-31,36-37,44,48-49H,5-7,9-12,14-17,19-21H2,1-4H3/b32-24-/t26-,27-,30?,31?,36?,37?. The third kappa shape index (κ3) is 14.2. The fourth-order valence-electron chi connectivity index (χ4n) is 6.23. The Labute approximate surface area is 339 Å². The summed E-state index contributed by atoms with van der Waals surface area (Å²) in [6.07, 6.45) is -0.806. The second-order valence-corrected chi connectivity index (χ2v) is 17.1. The van der Waals surface area contributed by atoms with Crippen LogP contribution in [0.4, 0.5) is 0 Å². The third-order valence-electron chi connectivity index (χ3n) is 9.88. The average Bonchev–Trinajstić information content (AvgIpc) is 3.67. The summed E-state index contributed by atoms with van der Waals surface area (Å²) < 4.78 is 26.3. The van der Waals surface area contributed by atoms with Gasteiger partial charge in [0.25, 0.3) is 5.91 Å². The molecule has 4 atom stereocenters. The number of amides is 2. The number of aliphatic hydroxyl groups excluding tert-OH is 3. The monoisotopic (exact) mass is 838 g/mol. The lowest BCUT2D eigenvalue weighted by Crippen LogP contribution is -2.54. The molecule has 1 aromatic heterocycles. The predicted octanol–water partition coefficient (Wildman–Crippen LogP) is 3.39. The fraction of sp³-hybridized carbons (Fsp3) is 0.658. The van der Waals surface area contributed by atoms with E-state index >= 15 is 0 Å². The SMILES string of the molecule is C/C(=C(\CCOC(=O)CCCC(=O)O[C@H]1CC[C@H](N(C)C(=O)c2ccc3nonc3c2)CC1)SSCCC(C)C)N(C=O)CC(=O)OCC1OCC(O)C(O)C1O. The maximum atomic E-state index is 13.1. The van der Waals surface area contributed by atoms with E-state index in [1.165, 1.54) is 15.7 Å². The van der Waals surface area contributed by atoms with Crippen molar-refractivity contribution >= 4 is 62.8 Å². The van der Waals surface area contributed by atoms with Crippen molar-refractivity contribution in [3.05, 3.63) is 34.4 Å². The quantitative estimate of drug-likeness (QED) is 0.0538. The molecule has 2 aliphatic rings. The molecule has 1 saturated heterocycles. The highest BCUT2D eigenvalue weighted by atomic mass is 33.1. The number of rotatable bonds is 21. The van der Waals surface area contributed by atoms with Crippen LogP contribution in [0.2, 0.25) is 0 Å². The topological polar surface area (TPSA) is 228 Å². The first kappa shape index (κ1) is 45.9. The Kier molecular flexibility index (Phi) is 18.5. The van der Waals surface area contributed by atoms with Crippen molar-refractivity contribution in [2.45, 2.75) is 115 Å². The minimum absolute atomic E-state index is 0.00118. The summed E-state index contributed by atoms with van der Waals surface area (Å²) in [5.41, 5.74) is 2.05. The minimum Gasteiger partial charge on any atom is -0.465 e. The van der Waals surface area contributed by atoms with Crippen LogP contribution in [0.5, 0.6) is 0 Å². The van der Waals surface area contributed by atoms with Crippen molar-refractivity contribution in [1.29, 1.82) is 0 Å². The number of fused-ring (bicyclic) bond motifs is 1. The minimum atomic E-state index is -1.45. The van der Waals surface area contributed by atoms with Crippen LogP contribution in [-0.4, -0.2) is 141 Å². The van der Waals surface area contributed by atoms with Crippen molar-refractivity contribution in [2.24, 2.45) is 5.92 Å².